The number of rotatable bonds is 9. The summed E-state index contributed by atoms with van der Waals surface area (Å²) in [5, 5.41) is 3.05. The Balaban J connectivity index is 1.42. The van der Waals surface area contributed by atoms with Gasteiger partial charge in [0.05, 0.1) is 24.2 Å². The summed E-state index contributed by atoms with van der Waals surface area (Å²) in [5.41, 5.74) is 4.10. The molecule has 1 saturated heterocycles. The number of thiazole rings is 1. The summed E-state index contributed by atoms with van der Waals surface area (Å²) in [7, 11) is 1.65. The monoisotopic (exact) mass is 415 g/mol. The van der Waals surface area contributed by atoms with E-state index in [4.69, 9.17) is 4.74 Å². The average molecular weight is 416 g/mol. The minimum absolute atomic E-state index is 0.0629. The highest BCUT2D eigenvalue weighted by molar-refractivity contribution is 7.09. The van der Waals surface area contributed by atoms with Gasteiger partial charge in [0.2, 0.25) is 11.8 Å². The molecule has 0 bridgehead atoms. The van der Waals surface area contributed by atoms with E-state index in [1.807, 2.05) is 41.6 Å². The van der Waals surface area contributed by atoms with Crippen molar-refractivity contribution in [2.75, 3.05) is 26.7 Å². The summed E-state index contributed by atoms with van der Waals surface area (Å²) >= 11 is 1.67. The van der Waals surface area contributed by atoms with Crippen LogP contribution in [0.4, 0.5) is 0 Å². The highest BCUT2D eigenvalue weighted by Crippen LogP contribution is 2.19. The number of methoxy groups -OCH3 is 1. The molecule has 2 heterocycles. The highest BCUT2D eigenvalue weighted by Gasteiger charge is 2.29. The lowest BCUT2D eigenvalue weighted by molar-refractivity contribution is -0.138. The molecule has 7 heteroatoms. The minimum Gasteiger partial charge on any atom is -0.497 e. The smallest absolute Gasteiger partial charge is 0.224 e. The summed E-state index contributed by atoms with van der Waals surface area (Å²) in [4.78, 5) is 32.2. The first-order valence-electron chi connectivity index (χ1n) is 10.1. The zero-order chi connectivity index (χ0) is 20.6. The molecule has 1 aliphatic heterocycles. The maximum atomic E-state index is 12.6. The van der Waals surface area contributed by atoms with Gasteiger partial charge >= 0.3 is 0 Å². The third-order valence-corrected chi connectivity index (χ3v) is 6.42. The maximum absolute atomic E-state index is 12.6. The van der Waals surface area contributed by atoms with Gasteiger partial charge in [-0.05, 0) is 50.3 Å². The fourth-order valence-corrected chi connectivity index (χ4v) is 4.40. The standard InChI is InChI=1S/C22H29N3O3S/c1-16-20(29-15-24-16)4-3-12-23-22(27)18-7-10-21(26)25(14-18)13-11-17-5-8-19(28-2)9-6-17/h5-6,8-9,15,18H,3-4,7,10-14H2,1-2H3,(H,23,27). The number of aryl methyl sites for hydroxylation is 2. The summed E-state index contributed by atoms with van der Waals surface area (Å²) < 4.78 is 5.18. The van der Waals surface area contributed by atoms with Crippen molar-refractivity contribution in [2.24, 2.45) is 5.92 Å². The fraction of sp³-hybridized carbons (Fsp3) is 0.500. The molecule has 1 aromatic heterocycles. The van der Waals surface area contributed by atoms with E-state index < -0.39 is 0 Å². The van der Waals surface area contributed by atoms with Gasteiger partial charge < -0.3 is 15.0 Å². The van der Waals surface area contributed by atoms with Gasteiger partial charge in [0.15, 0.2) is 0 Å². The number of carbonyl (C=O) groups excluding carboxylic acids is 2. The van der Waals surface area contributed by atoms with Crippen LogP contribution in [-0.4, -0.2) is 48.4 Å². The zero-order valence-corrected chi connectivity index (χ0v) is 18.0. The Bertz CT molecular complexity index is 819. The Morgan fingerprint density at radius 1 is 1.31 bits per heavy atom. The molecule has 0 spiro atoms. The van der Waals surface area contributed by atoms with Crippen molar-refractivity contribution in [3.8, 4) is 5.75 Å². The van der Waals surface area contributed by atoms with Crippen molar-refractivity contribution in [1.82, 2.24) is 15.2 Å². The Morgan fingerprint density at radius 2 is 2.10 bits per heavy atom. The van der Waals surface area contributed by atoms with Gasteiger partial charge in [-0.2, -0.15) is 0 Å². The highest BCUT2D eigenvalue weighted by atomic mass is 32.1. The number of hydrogen-bond donors (Lipinski definition) is 1. The largest absolute Gasteiger partial charge is 0.497 e. The molecule has 3 rings (SSSR count). The van der Waals surface area contributed by atoms with Crippen molar-refractivity contribution in [3.63, 3.8) is 0 Å². The predicted molar refractivity (Wildman–Crippen MR) is 114 cm³/mol. The molecule has 1 aromatic carbocycles. The Kier molecular flexibility index (Phi) is 7.63. The molecule has 156 valence electrons. The maximum Gasteiger partial charge on any atom is 0.224 e. The van der Waals surface area contributed by atoms with Crippen LogP contribution in [0, 0.1) is 12.8 Å². The van der Waals surface area contributed by atoms with Crippen molar-refractivity contribution < 1.29 is 14.3 Å². The second-order valence-electron chi connectivity index (χ2n) is 7.43. The lowest BCUT2D eigenvalue weighted by Crippen LogP contribution is -2.46. The molecular weight excluding hydrogens is 386 g/mol. The normalized spacial score (nSPS) is 16.7. The molecule has 2 aromatic rings. The van der Waals surface area contributed by atoms with Crippen LogP contribution in [0.5, 0.6) is 5.75 Å². The van der Waals surface area contributed by atoms with Gasteiger partial charge in [0, 0.05) is 30.9 Å². The number of nitrogens with one attached hydrogen (secondary N) is 1. The summed E-state index contributed by atoms with van der Waals surface area (Å²) in [6.45, 7) is 3.82. The number of piperidine rings is 1. The number of hydrogen-bond acceptors (Lipinski definition) is 5. The van der Waals surface area contributed by atoms with Gasteiger partial charge in [-0.15, -0.1) is 11.3 Å². The van der Waals surface area contributed by atoms with Crippen LogP contribution in [0.15, 0.2) is 29.8 Å². The Labute approximate surface area is 176 Å². The quantitative estimate of drug-likeness (QED) is 0.639. The van der Waals surface area contributed by atoms with Crippen LogP contribution in [0.1, 0.15) is 35.4 Å². The lowest BCUT2D eigenvalue weighted by Gasteiger charge is -2.32. The molecule has 1 atom stereocenters. The van der Waals surface area contributed by atoms with E-state index in [0.717, 1.165) is 36.3 Å². The van der Waals surface area contributed by atoms with E-state index in [9.17, 15) is 9.59 Å². The summed E-state index contributed by atoms with van der Waals surface area (Å²) in [6, 6.07) is 7.89. The third kappa shape index (κ3) is 6.03. The number of ether oxygens (including phenoxy) is 1. The topological polar surface area (TPSA) is 71.5 Å². The molecule has 0 saturated carbocycles. The summed E-state index contributed by atoms with van der Waals surface area (Å²) in [6.07, 6.45) is 3.70. The van der Waals surface area contributed by atoms with Gasteiger partial charge in [0.25, 0.3) is 0 Å². The molecule has 1 fully saturated rings. The zero-order valence-electron chi connectivity index (χ0n) is 17.1. The van der Waals surface area contributed by atoms with Gasteiger partial charge in [-0.1, -0.05) is 12.1 Å². The first-order valence-corrected chi connectivity index (χ1v) is 11.0. The number of aromatic nitrogens is 1. The Morgan fingerprint density at radius 3 is 2.79 bits per heavy atom. The van der Waals surface area contributed by atoms with Gasteiger partial charge in [0.1, 0.15) is 5.75 Å². The molecule has 29 heavy (non-hydrogen) atoms. The van der Waals surface area contributed by atoms with E-state index in [0.29, 0.717) is 32.5 Å². The van der Waals surface area contributed by atoms with Crippen LogP contribution in [-0.2, 0) is 22.4 Å². The van der Waals surface area contributed by atoms with Crippen molar-refractivity contribution in [2.45, 2.75) is 39.0 Å². The molecule has 1 aliphatic rings. The average Bonchev–Trinajstić information content (AvgIpc) is 3.15. The SMILES string of the molecule is COc1ccc(CCN2CC(C(=O)NCCCc3scnc3C)CCC2=O)cc1. The van der Waals surface area contributed by atoms with E-state index in [1.54, 1.807) is 18.4 Å². The predicted octanol–water partition coefficient (Wildman–Crippen LogP) is 2.99. The van der Waals surface area contributed by atoms with Crippen LogP contribution in [0.25, 0.3) is 0 Å². The van der Waals surface area contributed by atoms with E-state index in [2.05, 4.69) is 10.3 Å². The van der Waals surface area contributed by atoms with E-state index >= 15 is 0 Å². The van der Waals surface area contributed by atoms with Crippen molar-refractivity contribution in [3.05, 3.63) is 45.9 Å². The number of carbonyl (C=O) groups is 2. The molecule has 0 radical (unpaired) electrons. The van der Waals surface area contributed by atoms with Crippen LogP contribution in [0.3, 0.4) is 0 Å². The fourth-order valence-electron chi connectivity index (χ4n) is 3.57. The Hall–Kier alpha value is -2.41. The first-order chi connectivity index (χ1) is 14.1. The molecule has 1 unspecified atom stereocenters. The first kappa shape index (κ1) is 21.3. The lowest BCUT2D eigenvalue weighted by atomic mass is 9.96. The molecule has 2 amide bonds. The van der Waals surface area contributed by atoms with Crippen molar-refractivity contribution >= 4 is 23.2 Å². The number of likely N-dealkylation sites (tertiary alicyclic amines) is 1. The number of benzene rings is 1. The van der Waals surface area contributed by atoms with Crippen LogP contribution in [0.2, 0.25) is 0 Å². The van der Waals surface area contributed by atoms with Crippen LogP contribution < -0.4 is 10.1 Å². The van der Waals surface area contributed by atoms with E-state index in [1.165, 1.54) is 4.88 Å². The second-order valence-corrected chi connectivity index (χ2v) is 8.37. The molecule has 1 N–H and O–H groups in total. The third-order valence-electron chi connectivity index (χ3n) is 5.43. The molecule has 0 aliphatic carbocycles. The minimum atomic E-state index is -0.117. The molecule has 6 nitrogen and oxygen atoms in total. The number of nitrogens with zero attached hydrogens (tertiary/aromatic N) is 2. The summed E-state index contributed by atoms with van der Waals surface area (Å²) in [5.74, 6) is 0.912. The molecular formula is C22H29N3O3S. The van der Waals surface area contributed by atoms with Gasteiger partial charge in [-0.25, -0.2) is 4.98 Å². The second kappa shape index (κ2) is 10.4. The van der Waals surface area contributed by atoms with Crippen molar-refractivity contribution in [1.29, 1.82) is 0 Å². The number of amides is 2. The van der Waals surface area contributed by atoms with Gasteiger partial charge in [-0.3, -0.25) is 9.59 Å². The van der Waals surface area contributed by atoms with E-state index in [-0.39, 0.29) is 17.7 Å². The van der Waals surface area contributed by atoms with Crippen LogP contribution >= 0.6 is 11.3 Å².